The van der Waals surface area contributed by atoms with Gasteiger partial charge in [-0.05, 0) is 61.2 Å². The highest BCUT2D eigenvalue weighted by Gasteiger charge is 2.62. The highest BCUT2D eigenvalue weighted by Crippen LogP contribution is 2.62. The van der Waals surface area contributed by atoms with E-state index in [0.29, 0.717) is 29.6 Å². The molecule has 3 saturated carbocycles. The standard InChI is InChI=1S/C13H21NO.C10H13N3O2.C2H2F3NO/c1-12(2)9-7-14(8-10(9)12)11(15)6-13(3)4-5-13;11-5-8(12-6-14)3-7-4-10(1-2-10)13-9(7)15;3-2(4,5)1(6)7/h9-10H,4-8H2,1-3H3;6-8H,1-4H2,(H,12,14)(H,13,15);(H2,6,7). The molecule has 5 rings (SSSR count). The molecule has 0 aromatic heterocycles. The van der Waals surface area contributed by atoms with Gasteiger partial charge in [-0.2, -0.15) is 18.4 Å². The van der Waals surface area contributed by atoms with Crippen molar-refractivity contribution in [2.24, 2.45) is 34.3 Å². The molecule has 2 heterocycles. The number of fused-ring (bicyclic) bond motifs is 1. The highest BCUT2D eigenvalue weighted by atomic mass is 19.4. The second-order valence-electron chi connectivity index (χ2n) is 12.1. The lowest BCUT2D eigenvalue weighted by Crippen LogP contribution is -2.33. The Morgan fingerprint density at radius 1 is 1.22 bits per heavy atom. The van der Waals surface area contributed by atoms with Crippen molar-refractivity contribution in [1.29, 1.82) is 5.26 Å². The van der Waals surface area contributed by atoms with Crippen molar-refractivity contribution in [3.63, 3.8) is 0 Å². The molecule has 4 N–H and O–H groups in total. The van der Waals surface area contributed by atoms with Gasteiger partial charge in [0.1, 0.15) is 6.04 Å². The Kier molecular flexibility index (Phi) is 7.87. The molecule has 4 unspecified atom stereocenters. The third-order valence-corrected chi connectivity index (χ3v) is 8.63. The quantitative estimate of drug-likeness (QED) is 0.453. The molecule has 2 saturated heterocycles. The monoisotopic (exact) mass is 527 g/mol. The number of nitrogens with two attached hydrogens (primary N) is 1. The summed E-state index contributed by atoms with van der Waals surface area (Å²) >= 11 is 0. The molecule has 12 heteroatoms. The van der Waals surface area contributed by atoms with Crippen molar-refractivity contribution >= 4 is 24.1 Å². The third-order valence-electron chi connectivity index (χ3n) is 8.63. The number of amides is 4. The molecule has 1 spiro atoms. The maximum atomic E-state index is 12.0. The number of carbonyl (C=O) groups is 4. The summed E-state index contributed by atoms with van der Waals surface area (Å²) in [5, 5.41) is 14.1. The average Bonchev–Trinajstić information content (AvgIpc) is 3.70. The fourth-order valence-electron chi connectivity index (χ4n) is 5.38. The van der Waals surface area contributed by atoms with Crippen LogP contribution in [0, 0.1) is 39.9 Å². The van der Waals surface area contributed by atoms with E-state index in [0.717, 1.165) is 50.6 Å². The van der Waals surface area contributed by atoms with Crippen LogP contribution in [0.15, 0.2) is 0 Å². The first-order valence-electron chi connectivity index (χ1n) is 12.6. The molecule has 206 valence electrons. The van der Waals surface area contributed by atoms with E-state index in [1.165, 1.54) is 12.8 Å². The number of nitrogens with one attached hydrogen (secondary N) is 2. The summed E-state index contributed by atoms with van der Waals surface area (Å²) in [6, 6.07) is 1.43. The summed E-state index contributed by atoms with van der Waals surface area (Å²) in [4.78, 5) is 45.0. The highest BCUT2D eigenvalue weighted by molar-refractivity contribution is 5.83. The molecule has 0 aromatic carbocycles. The van der Waals surface area contributed by atoms with Crippen molar-refractivity contribution in [1.82, 2.24) is 15.5 Å². The van der Waals surface area contributed by atoms with E-state index >= 15 is 0 Å². The number of nitrogens with zero attached hydrogens (tertiary/aromatic N) is 2. The zero-order chi connectivity index (χ0) is 27.8. The van der Waals surface area contributed by atoms with E-state index < -0.39 is 18.1 Å². The van der Waals surface area contributed by atoms with Crippen LogP contribution in [-0.4, -0.2) is 59.9 Å². The smallest absolute Gasteiger partial charge is 0.362 e. The van der Waals surface area contributed by atoms with Crippen LogP contribution in [0.3, 0.4) is 0 Å². The number of carbonyl (C=O) groups excluding carboxylic acids is 4. The van der Waals surface area contributed by atoms with Crippen molar-refractivity contribution < 1.29 is 32.3 Å². The number of hydrogen-bond donors (Lipinski definition) is 3. The third kappa shape index (κ3) is 7.14. The van der Waals surface area contributed by atoms with Crippen molar-refractivity contribution in [2.75, 3.05) is 13.1 Å². The van der Waals surface area contributed by atoms with Gasteiger partial charge in [0.15, 0.2) is 0 Å². The van der Waals surface area contributed by atoms with Crippen LogP contribution >= 0.6 is 0 Å². The molecule has 4 amide bonds. The van der Waals surface area contributed by atoms with Crippen molar-refractivity contribution in [3.05, 3.63) is 0 Å². The maximum Gasteiger partial charge on any atom is 0.470 e. The van der Waals surface area contributed by atoms with Crippen LogP contribution in [-0.2, 0) is 19.2 Å². The van der Waals surface area contributed by atoms with E-state index in [-0.39, 0.29) is 17.4 Å². The van der Waals surface area contributed by atoms with Crippen LogP contribution in [0.4, 0.5) is 13.2 Å². The minimum atomic E-state index is -4.86. The Morgan fingerprint density at radius 2 is 1.76 bits per heavy atom. The van der Waals surface area contributed by atoms with Gasteiger partial charge >= 0.3 is 12.1 Å². The fraction of sp³-hybridized carbons (Fsp3) is 0.800. The molecule has 4 atom stereocenters. The summed E-state index contributed by atoms with van der Waals surface area (Å²) in [6.45, 7) is 8.99. The maximum absolute atomic E-state index is 12.0. The summed E-state index contributed by atoms with van der Waals surface area (Å²) in [7, 11) is 0. The van der Waals surface area contributed by atoms with Gasteiger partial charge < -0.3 is 21.3 Å². The second-order valence-corrected chi connectivity index (χ2v) is 12.1. The summed E-state index contributed by atoms with van der Waals surface area (Å²) < 4.78 is 32.1. The number of likely N-dealkylation sites (tertiary alicyclic amines) is 1. The Hall–Kier alpha value is -2.84. The minimum absolute atomic E-state index is 0.0282. The van der Waals surface area contributed by atoms with Gasteiger partial charge in [-0.1, -0.05) is 20.8 Å². The van der Waals surface area contributed by atoms with Crippen LogP contribution in [0.25, 0.3) is 0 Å². The zero-order valence-electron chi connectivity index (χ0n) is 21.5. The Morgan fingerprint density at radius 3 is 2.14 bits per heavy atom. The van der Waals surface area contributed by atoms with Gasteiger partial charge in [0.2, 0.25) is 18.2 Å². The number of primary amides is 1. The largest absolute Gasteiger partial charge is 0.470 e. The number of halogens is 3. The molecular weight excluding hydrogens is 491 g/mol. The van der Waals surface area contributed by atoms with Crippen LogP contribution in [0.5, 0.6) is 0 Å². The van der Waals surface area contributed by atoms with Gasteiger partial charge in [-0.15, -0.1) is 0 Å². The molecule has 5 fully saturated rings. The lowest BCUT2D eigenvalue weighted by molar-refractivity contribution is -0.169. The van der Waals surface area contributed by atoms with Crippen LogP contribution in [0.2, 0.25) is 0 Å². The zero-order valence-corrected chi connectivity index (χ0v) is 21.5. The topological polar surface area (TPSA) is 145 Å². The van der Waals surface area contributed by atoms with E-state index in [2.05, 4.69) is 42.0 Å². The van der Waals surface area contributed by atoms with Gasteiger partial charge in [-0.25, -0.2) is 0 Å². The summed E-state index contributed by atoms with van der Waals surface area (Å²) in [5.41, 5.74) is 4.75. The first kappa shape index (κ1) is 28.7. The van der Waals surface area contributed by atoms with Crippen LogP contribution < -0.4 is 16.4 Å². The normalized spacial score (nSPS) is 29.2. The van der Waals surface area contributed by atoms with Crippen molar-refractivity contribution in [3.8, 4) is 6.07 Å². The molecule has 2 aliphatic heterocycles. The first-order chi connectivity index (χ1) is 17.1. The SMILES string of the molecule is CC1(CC(=O)N2CC3C(C2)C3(C)C)CC1.N#CC(CC1CC2(CC2)NC1=O)NC=O.NC(=O)C(F)(F)F. The lowest BCUT2D eigenvalue weighted by Gasteiger charge is -2.23. The summed E-state index contributed by atoms with van der Waals surface area (Å²) in [6.07, 6.45) is 2.28. The van der Waals surface area contributed by atoms with E-state index in [1.807, 2.05) is 6.07 Å². The Bertz CT molecular complexity index is 954. The average molecular weight is 528 g/mol. The lowest BCUT2D eigenvalue weighted by atomic mass is 9.96. The number of nitriles is 1. The van der Waals surface area contributed by atoms with E-state index in [1.54, 1.807) is 0 Å². The molecule has 0 bridgehead atoms. The molecule has 0 radical (unpaired) electrons. The second kappa shape index (κ2) is 10.1. The van der Waals surface area contributed by atoms with E-state index in [4.69, 9.17) is 10.1 Å². The predicted octanol–water partition coefficient (Wildman–Crippen LogP) is 2.01. The molecule has 9 nitrogen and oxygen atoms in total. The predicted molar refractivity (Wildman–Crippen MR) is 126 cm³/mol. The number of rotatable bonds is 6. The van der Waals surface area contributed by atoms with Crippen molar-refractivity contribution in [2.45, 2.75) is 83.5 Å². The van der Waals surface area contributed by atoms with E-state index in [9.17, 15) is 27.6 Å². The molecule has 0 aromatic rings. The molecule has 37 heavy (non-hydrogen) atoms. The molecule has 5 aliphatic rings. The molecular formula is C25H36F3N5O4. The van der Waals surface area contributed by atoms with Gasteiger partial charge in [0.05, 0.1) is 6.07 Å². The van der Waals surface area contributed by atoms with Gasteiger partial charge in [-0.3, -0.25) is 19.2 Å². The minimum Gasteiger partial charge on any atom is -0.362 e. The number of hydrogen-bond acceptors (Lipinski definition) is 5. The summed E-state index contributed by atoms with van der Waals surface area (Å²) in [5.74, 6) is -0.336. The first-order valence-corrected chi connectivity index (χ1v) is 12.6. The Balaban J connectivity index is 0.000000166. The number of alkyl halides is 3. The van der Waals surface area contributed by atoms with Crippen LogP contribution in [0.1, 0.15) is 65.7 Å². The molecule has 3 aliphatic carbocycles. The fourth-order valence-corrected chi connectivity index (χ4v) is 5.38. The van der Waals surface area contributed by atoms with Gasteiger partial charge in [0, 0.05) is 31.0 Å². The van der Waals surface area contributed by atoms with Gasteiger partial charge in [0.25, 0.3) is 0 Å². The number of piperidine rings is 1. The Labute approximate surface area is 214 Å².